The Morgan fingerprint density at radius 3 is 1.69 bits per heavy atom. The number of hydrogen-bond donors (Lipinski definition) is 0. The maximum Gasteiger partial charge on any atom is 0.160 e. The van der Waals surface area contributed by atoms with E-state index in [1.54, 1.807) is 0 Å². The van der Waals surface area contributed by atoms with Gasteiger partial charge in [0, 0.05) is 44.0 Å². The Balaban J connectivity index is 0.831. The summed E-state index contributed by atoms with van der Waals surface area (Å²) < 4.78 is 9.22. The topological polar surface area (TPSA) is 21.3 Å². The summed E-state index contributed by atoms with van der Waals surface area (Å²) in [5, 5.41) is 7.09. The second kappa shape index (κ2) is 15.6. The van der Waals surface area contributed by atoms with Gasteiger partial charge in [-0.3, -0.25) is 0 Å². The van der Waals surface area contributed by atoms with Gasteiger partial charge in [-0.1, -0.05) is 184 Å². The molecular weight excluding hydrogens is 849 g/mol. The van der Waals surface area contributed by atoms with Gasteiger partial charge in [-0.05, 0) is 139 Å². The van der Waals surface area contributed by atoms with Crippen molar-refractivity contribution in [3.8, 4) is 50.2 Å². The van der Waals surface area contributed by atoms with E-state index in [9.17, 15) is 0 Å². The molecule has 1 aliphatic rings. The summed E-state index contributed by atoms with van der Waals surface area (Å²) in [6, 6.07) is 88.4. The van der Waals surface area contributed by atoms with Crippen LogP contribution in [0.1, 0.15) is 25.0 Å². The van der Waals surface area contributed by atoms with Gasteiger partial charge >= 0.3 is 0 Å². The molecule has 0 spiro atoms. The second-order valence-corrected chi connectivity index (χ2v) is 19.3. The number of fused-ring (bicyclic) bond motifs is 11. The van der Waals surface area contributed by atoms with Crippen molar-refractivity contribution in [3.05, 3.63) is 254 Å². The summed E-state index contributed by atoms with van der Waals surface area (Å²) in [4.78, 5) is 2.34. The number of hydrogen-bond acceptors (Lipinski definition) is 2. The molecule has 0 amide bonds. The van der Waals surface area contributed by atoms with Crippen molar-refractivity contribution in [1.29, 1.82) is 0 Å². The summed E-state index contributed by atoms with van der Waals surface area (Å²) in [5.41, 5.74) is 21.0. The molecule has 0 N–H and O–H groups in total. The fourth-order valence-corrected chi connectivity index (χ4v) is 11.5. The first-order chi connectivity index (χ1) is 34.5. The Hall–Kier alpha value is -8.92. The van der Waals surface area contributed by atoms with Gasteiger partial charge in [-0.25, -0.2) is 0 Å². The SMILES string of the molecule is CC1(C)c2ccccc2-c2ccc(-c3ccc4c(c3)c3ccccc3n4-c3ccc(-c4ccc(N(c5ccc(-c6ccccc6)cc5)c5cc6ccccc6c6c5oc5ccccc56)cc4)cc3)cc21. The summed E-state index contributed by atoms with van der Waals surface area (Å²) in [5.74, 6) is 0. The molecule has 0 unspecified atom stereocenters. The fourth-order valence-electron chi connectivity index (χ4n) is 11.5. The van der Waals surface area contributed by atoms with Gasteiger partial charge < -0.3 is 13.9 Å². The number of aromatic nitrogens is 1. The van der Waals surface area contributed by atoms with Crippen LogP contribution in [0.5, 0.6) is 0 Å². The molecule has 3 heteroatoms. The Bertz CT molecular complexity index is 4180. The Kier molecular flexibility index (Phi) is 8.93. The Morgan fingerprint density at radius 2 is 0.929 bits per heavy atom. The van der Waals surface area contributed by atoms with E-state index in [0.717, 1.165) is 61.2 Å². The van der Waals surface area contributed by atoms with Crippen LogP contribution in [0, 0.1) is 0 Å². The molecule has 11 aromatic carbocycles. The van der Waals surface area contributed by atoms with E-state index in [2.05, 4.69) is 260 Å². The summed E-state index contributed by atoms with van der Waals surface area (Å²) in [6.07, 6.45) is 0. The monoisotopic (exact) mass is 894 g/mol. The van der Waals surface area contributed by atoms with E-state index < -0.39 is 0 Å². The highest BCUT2D eigenvalue weighted by Gasteiger charge is 2.35. The maximum absolute atomic E-state index is 6.81. The van der Waals surface area contributed by atoms with E-state index in [-0.39, 0.29) is 5.41 Å². The lowest BCUT2D eigenvalue weighted by molar-refractivity contribution is 0.660. The van der Waals surface area contributed by atoms with Crippen LogP contribution >= 0.6 is 0 Å². The highest BCUT2D eigenvalue weighted by Crippen LogP contribution is 2.50. The Labute approximate surface area is 406 Å². The first-order valence-electron chi connectivity index (χ1n) is 24.2. The Morgan fingerprint density at radius 1 is 0.386 bits per heavy atom. The van der Waals surface area contributed by atoms with Gasteiger partial charge in [0.25, 0.3) is 0 Å². The van der Waals surface area contributed by atoms with E-state index in [1.165, 1.54) is 71.7 Å². The minimum atomic E-state index is -0.0480. The van der Waals surface area contributed by atoms with Crippen LogP contribution in [0.15, 0.2) is 247 Å². The number of anilines is 3. The smallest absolute Gasteiger partial charge is 0.160 e. The zero-order valence-electron chi connectivity index (χ0n) is 38.9. The van der Waals surface area contributed by atoms with Gasteiger partial charge in [-0.15, -0.1) is 0 Å². The molecule has 3 nitrogen and oxygen atoms in total. The third-order valence-corrected chi connectivity index (χ3v) is 15.0. The summed E-state index contributed by atoms with van der Waals surface area (Å²) in [6.45, 7) is 4.71. The van der Waals surface area contributed by atoms with Crippen LogP contribution in [-0.4, -0.2) is 4.57 Å². The molecule has 0 saturated carbocycles. The molecule has 0 aliphatic heterocycles. The molecule has 70 heavy (non-hydrogen) atoms. The normalized spacial score (nSPS) is 12.8. The van der Waals surface area contributed by atoms with E-state index in [0.29, 0.717) is 0 Å². The lowest BCUT2D eigenvalue weighted by Gasteiger charge is -2.26. The molecule has 0 saturated heterocycles. The molecule has 2 aromatic heterocycles. The first kappa shape index (κ1) is 40.2. The standard InChI is InChI=1S/C67H46N2O/c1-67(2)59-21-11-8-18-54(59)55-38-30-48(41-60(55)67)47-31-39-62-58(40-47)56-19-9-12-22-61(56)69(62)52-36-28-46(29-37-52)45-26-34-51(35-27-45)68(50-32-24-44(25-33-50)43-14-4-3-5-15-43)63-42-49-16-6-7-17-53(49)65-57-20-10-13-23-64(57)70-66(63)65/h3-42H,1-2H3. The van der Waals surface area contributed by atoms with Crippen molar-refractivity contribution < 1.29 is 4.42 Å². The van der Waals surface area contributed by atoms with Crippen molar-refractivity contribution in [2.24, 2.45) is 0 Å². The first-order valence-corrected chi connectivity index (χ1v) is 24.2. The molecule has 0 fully saturated rings. The highest BCUT2D eigenvalue weighted by atomic mass is 16.3. The average molecular weight is 895 g/mol. The lowest BCUT2D eigenvalue weighted by atomic mass is 9.81. The fraction of sp³-hybridized carbons (Fsp3) is 0.0448. The van der Waals surface area contributed by atoms with E-state index >= 15 is 0 Å². The van der Waals surface area contributed by atoms with E-state index in [1.807, 2.05) is 6.07 Å². The van der Waals surface area contributed by atoms with Crippen molar-refractivity contribution >= 4 is 71.6 Å². The molecular formula is C67H46N2O. The van der Waals surface area contributed by atoms with Crippen LogP contribution in [-0.2, 0) is 5.41 Å². The maximum atomic E-state index is 6.81. The molecule has 1 aliphatic carbocycles. The molecule has 2 heterocycles. The number of benzene rings is 11. The zero-order valence-corrected chi connectivity index (χ0v) is 38.9. The van der Waals surface area contributed by atoms with Gasteiger partial charge in [-0.2, -0.15) is 0 Å². The highest BCUT2D eigenvalue weighted by molar-refractivity contribution is 6.23. The number of para-hydroxylation sites is 2. The third-order valence-electron chi connectivity index (χ3n) is 15.0. The van der Waals surface area contributed by atoms with Crippen molar-refractivity contribution in [1.82, 2.24) is 4.57 Å². The molecule has 14 rings (SSSR count). The van der Waals surface area contributed by atoms with Crippen molar-refractivity contribution in [3.63, 3.8) is 0 Å². The molecule has 330 valence electrons. The summed E-state index contributed by atoms with van der Waals surface area (Å²) >= 11 is 0. The third kappa shape index (κ3) is 6.21. The summed E-state index contributed by atoms with van der Waals surface area (Å²) in [7, 11) is 0. The van der Waals surface area contributed by atoms with Gasteiger partial charge in [0.15, 0.2) is 5.58 Å². The number of furan rings is 1. The van der Waals surface area contributed by atoms with Crippen LogP contribution in [0.2, 0.25) is 0 Å². The van der Waals surface area contributed by atoms with Crippen LogP contribution < -0.4 is 4.90 Å². The molecule has 0 bridgehead atoms. The van der Waals surface area contributed by atoms with Crippen LogP contribution in [0.4, 0.5) is 17.1 Å². The van der Waals surface area contributed by atoms with Crippen LogP contribution in [0.3, 0.4) is 0 Å². The quantitative estimate of drug-likeness (QED) is 0.159. The molecule has 13 aromatic rings. The van der Waals surface area contributed by atoms with Gasteiger partial charge in [0.1, 0.15) is 5.58 Å². The van der Waals surface area contributed by atoms with Gasteiger partial charge in [0.2, 0.25) is 0 Å². The van der Waals surface area contributed by atoms with Crippen molar-refractivity contribution in [2.45, 2.75) is 19.3 Å². The number of rotatable bonds is 7. The predicted octanol–water partition coefficient (Wildman–Crippen LogP) is 18.6. The molecule has 0 radical (unpaired) electrons. The molecule has 0 atom stereocenters. The minimum Gasteiger partial charge on any atom is -0.454 e. The number of nitrogens with zero attached hydrogens (tertiary/aromatic N) is 2. The minimum absolute atomic E-state index is 0.0480. The lowest BCUT2D eigenvalue weighted by Crippen LogP contribution is -2.14. The largest absolute Gasteiger partial charge is 0.454 e. The zero-order chi connectivity index (χ0) is 46.5. The average Bonchev–Trinajstić information content (AvgIpc) is 4.05. The van der Waals surface area contributed by atoms with Crippen LogP contribution in [0.25, 0.3) is 105 Å². The van der Waals surface area contributed by atoms with Crippen molar-refractivity contribution in [2.75, 3.05) is 4.90 Å². The van der Waals surface area contributed by atoms with E-state index in [4.69, 9.17) is 4.42 Å². The predicted molar refractivity (Wildman–Crippen MR) is 294 cm³/mol. The van der Waals surface area contributed by atoms with Gasteiger partial charge in [0.05, 0.1) is 16.7 Å². The second-order valence-electron chi connectivity index (χ2n) is 19.3.